The molecule has 3 aromatic rings. The second-order valence-electron chi connectivity index (χ2n) is 7.67. The second-order valence-corrected chi connectivity index (χ2v) is 7.67. The highest BCUT2D eigenvalue weighted by Gasteiger charge is 2.21. The number of hydrogen-bond donors (Lipinski definition) is 2. The summed E-state index contributed by atoms with van der Waals surface area (Å²) < 4.78 is 15.4. The van der Waals surface area contributed by atoms with Gasteiger partial charge in [0.1, 0.15) is 5.82 Å². The minimum absolute atomic E-state index is 0.226. The van der Waals surface area contributed by atoms with E-state index in [4.69, 9.17) is 10.2 Å². The minimum Gasteiger partial charge on any atom is -0.411 e. The van der Waals surface area contributed by atoms with Crippen molar-refractivity contribution in [3.8, 4) is 0 Å². The molecule has 1 aliphatic heterocycles. The first-order valence-corrected chi connectivity index (χ1v) is 9.98. The lowest BCUT2D eigenvalue weighted by Crippen LogP contribution is -2.41. The molecule has 2 N–H and O–H groups in total. The number of anilines is 1. The van der Waals surface area contributed by atoms with E-state index in [2.05, 4.69) is 26.0 Å². The number of nitrogens with one attached hydrogen (secondary N) is 1. The number of imidazole rings is 1. The Morgan fingerprint density at radius 1 is 1.17 bits per heavy atom. The number of halogens is 1. The van der Waals surface area contributed by atoms with Crippen molar-refractivity contribution in [1.82, 2.24) is 14.5 Å². The highest BCUT2D eigenvalue weighted by atomic mass is 19.1. The van der Waals surface area contributed by atoms with Crippen LogP contribution in [-0.4, -0.2) is 51.0 Å². The maximum atomic E-state index is 13.3. The standard InChI is InChI=1S/C22H26FN5O/c1-16(26-29)14-27-12-10-19(11-13-27)24-22-25-20-4-2-3-5-21(20)28(22)15-17-6-8-18(23)9-7-17/h2-9,19,29H,10-15H2,1H3,(H,24,25). The van der Waals surface area contributed by atoms with Crippen LogP contribution in [0.1, 0.15) is 25.3 Å². The molecule has 2 heterocycles. The number of para-hydroxylation sites is 2. The number of fused-ring (bicyclic) bond motifs is 1. The minimum atomic E-state index is -0.226. The summed E-state index contributed by atoms with van der Waals surface area (Å²) in [5.41, 5.74) is 3.78. The lowest BCUT2D eigenvalue weighted by molar-refractivity contribution is 0.241. The summed E-state index contributed by atoms with van der Waals surface area (Å²) >= 11 is 0. The van der Waals surface area contributed by atoms with Crippen molar-refractivity contribution in [3.63, 3.8) is 0 Å². The van der Waals surface area contributed by atoms with E-state index in [0.717, 1.165) is 54.2 Å². The number of hydrogen-bond acceptors (Lipinski definition) is 5. The molecule has 1 aromatic heterocycles. The molecule has 1 saturated heterocycles. The predicted octanol–water partition coefficient (Wildman–Crippen LogP) is 3.95. The highest BCUT2D eigenvalue weighted by Crippen LogP contribution is 2.24. The van der Waals surface area contributed by atoms with Gasteiger partial charge in [0.25, 0.3) is 0 Å². The van der Waals surface area contributed by atoms with E-state index in [1.54, 1.807) is 0 Å². The van der Waals surface area contributed by atoms with E-state index in [0.29, 0.717) is 19.1 Å². The van der Waals surface area contributed by atoms with Gasteiger partial charge in [0.05, 0.1) is 23.3 Å². The molecular weight excluding hydrogens is 369 g/mol. The zero-order chi connectivity index (χ0) is 20.2. The summed E-state index contributed by atoms with van der Waals surface area (Å²) in [6, 6.07) is 15.0. The first-order valence-electron chi connectivity index (χ1n) is 9.98. The SMILES string of the molecule is CC(CN1CCC(Nc2nc3ccccc3n2Cc2ccc(F)cc2)CC1)=NO. The van der Waals surface area contributed by atoms with Crippen LogP contribution in [-0.2, 0) is 6.54 Å². The number of nitrogens with zero attached hydrogens (tertiary/aromatic N) is 4. The Hall–Kier alpha value is -2.93. The second kappa shape index (κ2) is 8.61. The topological polar surface area (TPSA) is 65.7 Å². The van der Waals surface area contributed by atoms with Crippen LogP contribution in [0.2, 0.25) is 0 Å². The maximum absolute atomic E-state index is 13.3. The van der Waals surface area contributed by atoms with E-state index in [-0.39, 0.29) is 5.82 Å². The van der Waals surface area contributed by atoms with Gasteiger partial charge in [-0.2, -0.15) is 0 Å². The molecule has 6 nitrogen and oxygen atoms in total. The summed E-state index contributed by atoms with van der Waals surface area (Å²) in [5, 5.41) is 15.8. The molecule has 0 radical (unpaired) electrons. The van der Waals surface area contributed by atoms with Crippen LogP contribution in [0.25, 0.3) is 11.0 Å². The molecule has 0 spiro atoms. The normalized spacial score (nSPS) is 16.4. The van der Waals surface area contributed by atoms with Gasteiger partial charge < -0.3 is 15.1 Å². The van der Waals surface area contributed by atoms with Crippen LogP contribution in [0.15, 0.2) is 53.7 Å². The summed E-state index contributed by atoms with van der Waals surface area (Å²) in [4.78, 5) is 7.11. The van der Waals surface area contributed by atoms with Gasteiger partial charge in [-0.3, -0.25) is 4.90 Å². The van der Waals surface area contributed by atoms with Crippen molar-refractivity contribution in [3.05, 3.63) is 59.9 Å². The van der Waals surface area contributed by atoms with Crippen molar-refractivity contribution >= 4 is 22.7 Å². The van der Waals surface area contributed by atoms with Gasteiger partial charge in [0, 0.05) is 25.7 Å². The fourth-order valence-electron chi connectivity index (χ4n) is 3.89. The highest BCUT2D eigenvalue weighted by molar-refractivity contribution is 5.83. The zero-order valence-corrected chi connectivity index (χ0v) is 16.6. The number of piperidine rings is 1. The number of benzene rings is 2. The molecular formula is C22H26FN5O. The molecule has 1 fully saturated rings. The van der Waals surface area contributed by atoms with Crippen LogP contribution in [0.4, 0.5) is 10.3 Å². The van der Waals surface area contributed by atoms with E-state index in [1.165, 1.54) is 12.1 Å². The fraction of sp³-hybridized carbons (Fsp3) is 0.364. The van der Waals surface area contributed by atoms with Crippen LogP contribution >= 0.6 is 0 Å². The largest absolute Gasteiger partial charge is 0.411 e. The van der Waals surface area contributed by atoms with Crippen molar-refractivity contribution < 1.29 is 9.60 Å². The monoisotopic (exact) mass is 395 g/mol. The summed E-state index contributed by atoms with van der Waals surface area (Å²) in [6.07, 6.45) is 2.00. The van der Waals surface area contributed by atoms with Gasteiger partial charge in [0.15, 0.2) is 0 Å². The Kier molecular flexibility index (Phi) is 5.76. The molecule has 0 atom stereocenters. The number of oxime groups is 1. The Morgan fingerprint density at radius 3 is 2.62 bits per heavy atom. The third kappa shape index (κ3) is 4.56. The fourth-order valence-corrected chi connectivity index (χ4v) is 3.89. The van der Waals surface area contributed by atoms with Gasteiger partial charge in [-0.15, -0.1) is 0 Å². The van der Waals surface area contributed by atoms with E-state index < -0.39 is 0 Å². The number of likely N-dealkylation sites (tertiary alicyclic amines) is 1. The molecule has 4 rings (SSSR count). The molecule has 0 bridgehead atoms. The Labute approximate surface area is 169 Å². The van der Waals surface area contributed by atoms with Crippen molar-refractivity contribution in [2.75, 3.05) is 25.0 Å². The molecule has 0 aliphatic carbocycles. The molecule has 2 aromatic carbocycles. The third-order valence-corrected chi connectivity index (χ3v) is 5.45. The number of aromatic nitrogens is 2. The molecule has 1 aliphatic rings. The average molecular weight is 395 g/mol. The summed E-state index contributed by atoms with van der Waals surface area (Å²) in [5.74, 6) is 0.623. The van der Waals surface area contributed by atoms with Crippen molar-refractivity contribution in [2.24, 2.45) is 5.16 Å². The zero-order valence-electron chi connectivity index (χ0n) is 16.6. The number of rotatable bonds is 6. The van der Waals surface area contributed by atoms with Gasteiger partial charge >= 0.3 is 0 Å². The molecule has 0 unspecified atom stereocenters. The molecule has 7 heteroatoms. The molecule has 0 amide bonds. The van der Waals surface area contributed by atoms with Gasteiger partial charge in [0.2, 0.25) is 5.95 Å². The quantitative estimate of drug-likeness (QED) is 0.377. The third-order valence-electron chi connectivity index (χ3n) is 5.45. The first kappa shape index (κ1) is 19.4. The smallest absolute Gasteiger partial charge is 0.204 e. The van der Waals surface area contributed by atoms with Crippen LogP contribution < -0.4 is 5.32 Å². The van der Waals surface area contributed by atoms with Gasteiger partial charge in [-0.1, -0.05) is 29.4 Å². The summed E-state index contributed by atoms with van der Waals surface area (Å²) in [7, 11) is 0. The Balaban J connectivity index is 1.51. The first-order chi connectivity index (χ1) is 14.1. The van der Waals surface area contributed by atoms with E-state index >= 15 is 0 Å². The molecule has 0 saturated carbocycles. The van der Waals surface area contributed by atoms with Crippen molar-refractivity contribution in [1.29, 1.82) is 0 Å². The molecule has 152 valence electrons. The average Bonchev–Trinajstić information content (AvgIpc) is 3.08. The van der Waals surface area contributed by atoms with Crippen LogP contribution in [0, 0.1) is 5.82 Å². The lowest BCUT2D eigenvalue weighted by atomic mass is 10.1. The van der Waals surface area contributed by atoms with Crippen LogP contribution in [0.5, 0.6) is 0 Å². The van der Waals surface area contributed by atoms with Crippen molar-refractivity contribution in [2.45, 2.75) is 32.4 Å². The van der Waals surface area contributed by atoms with E-state index in [9.17, 15) is 4.39 Å². The summed E-state index contributed by atoms with van der Waals surface area (Å²) in [6.45, 7) is 5.06. The van der Waals surface area contributed by atoms with E-state index in [1.807, 2.05) is 37.3 Å². The Bertz CT molecular complexity index is 990. The lowest BCUT2D eigenvalue weighted by Gasteiger charge is -2.32. The van der Waals surface area contributed by atoms with Gasteiger partial charge in [-0.25, -0.2) is 9.37 Å². The van der Waals surface area contributed by atoms with Gasteiger partial charge in [-0.05, 0) is 49.6 Å². The maximum Gasteiger partial charge on any atom is 0.204 e. The van der Waals surface area contributed by atoms with Crippen LogP contribution in [0.3, 0.4) is 0 Å². The molecule has 29 heavy (non-hydrogen) atoms. The predicted molar refractivity (Wildman–Crippen MR) is 113 cm³/mol. The Morgan fingerprint density at radius 2 is 1.90 bits per heavy atom.